The Morgan fingerprint density at radius 3 is 2.48 bits per heavy atom. The van der Waals surface area contributed by atoms with Gasteiger partial charge in [0.1, 0.15) is 16.0 Å². The van der Waals surface area contributed by atoms with E-state index >= 15 is 0 Å². The van der Waals surface area contributed by atoms with Gasteiger partial charge in [0, 0.05) is 31.8 Å². The fourth-order valence-corrected chi connectivity index (χ4v) is 5.02. The number of fused-ring (bicyclic) bond motifs is 6. The molecule has 0 fully saturated rings. The van der Waals surface area contributed by atoms with Crippen LogP contribution < -0.4 is 0 Å². The minimum absolute atomic E-state index is 0.247. The van der Waals surface area contributed by atoms with Crippen molar-refractivity contribution in [2.24, 2.45) is 0 Å². The van der Waals surface area contributed by atoms with Gasteiger partial charge in [-0.15, -0.1) is 11.3 Å². The molecule has 27 heavy (non-hydrogen) atoms. The van der Waals surface area contributed by atoms with Crippen LogP contribution in [0.5, 0.6) is 0 Å². The number of rotatable bonds is 1. The minimum Gasteiger partial charge on any atom is -0.455 e. The van der Waals surface area contributed by atoms with Gasteiger partial charge < -0.3 is 4.42 Å². The maximum Gasteiger partial charge on any atom is 0.224 e. The van der Waals surface area contributed by atoms with Crippen molar-refractivity contribution in [3.8, 4) is 11.3 Å². The molecular weight excluding hydrogens is 376 g/mol. The summed E-state index contributed by atoms with van der Waals surface area (Å²) in [5, 5.41) is 4.58. The summed E-state index contributed by atoms with van der Waals surface area (Å²) in [6.07, 6.45) is 0. The Morgan fingerprint density at radius 2 is 1.56 bits per heavy atom. The molecule has 0 spiro atoms. The first kappa shape index (κ1) is 15.1. The van der Waals surface area contributed by atoms with E-state index in [1.54, 1.807) is 11.3 Å². The molecule has 0 unspecified atom stereocenters. The summed E-state index contributed by atoms with van der Waals surface area (Å²) in [6, 6.07) is 22.5. The second-order valence-electron chi connectivity index (χ2n) is 6.40. The second-order valence-corrected chi connectivity index (χ2v) is 7.77. The molecule has 0 atom stereocenters. The van der Waals surface area contributed by atoms with Crippen LogP contribution >= 0.6 is 22.9 Å². The molecule has 0 aliphatic heterocycles. The zero-order valence-corrected chi connectivity index (χ0v) is 15.5. The van der Waals surface area contributed by atoms with Crippen LogP contribution in [0.15, 0.2) is 71.1 Å². The Balaban J connectivity index is 1.80. The number of nitrogens with zero attached hydrogens (tertiary/aromatic N) is 2. The van der Waals surface area contributed by atoms with Crippen molar-refractivity contribution in [3.63, 3.8) is 0 Å². The Kier molecular flexibility index (Phi) is 3.10. The topological polar surface area (TPSA) is 38.9 Å². The zero-order valence-electron chi connectivity index (χ0n) is 13.9. The standard InChI is InChI=1S/C22H11ClN2OS/c23-22-24-19(18-14-7-2-4-11-17(14)27-21(18)25-22)15-9-5-8-13-12-6-1-3-10-16(12)26-20(13)15/h1-11H. The van der Waals surface area contributed by atoms with E-state index in [0.29, 0.717) is 0 Å². The van der Waals surface area contributed by atoms with Gasteiger partial charge in [0.15, 0.2) is 0 Å². The molecule has 0 saturated heterocycles. The minimum atomic E-state index is 0.247. The molecule has 3 aromatic heterocycles. The number of aromatic nitrogens is 2. The van der Waals surface area contributed by atoms with E-state index in [2.05, 4.69) is 34.2 Å². The number of benzene rings is 3. The maximum atomic E-state index is 6.29. The van der Waals surface area contributed by atoms with E-state index < -0.39 is 0 Å². The number of hydrogen-bond donors (Lipinski definition) is 0. The SMILES string of the molecule is Clc1nc(-c2cccc3c2oc2ccccc23)c2c(n1)sc1ccccc12. The van der Waals surface area contributed by atoms with Crippen molar-refractivity contribution >= 4 is 65.2 Å². The predicted molar refractivity (Wildman–Crippen MR) is 113 cm³/mol. The largest absolute Gasteiger partial charge is 0.455 e. The molecule has 128 valence electrons. The Bertz CT molecular complexity index is 1500. The molecule has 0 bridgehead atoms. The quantitative estimate of drug-likeness (QED) is 0.284. The van der Waals surface area contributed by atoms with Crippen molar-refractivity contribution in [2.45, 2.75) is 0 Å². The van der Waals surface area contributed by atoms with Crippen LogP contribution in [0.1, 0.15) is 0 Å². The van der Waals surface area contributed by atoms with Gasteiger partial charge in [0.25, 0.3) is 0 Å². The molecule has 3 nitrogen and oxygen atoms in total. The first-order valence-electron chi connectivity index (χ1n) is 8.55. The normalized spacial score (nSPS) is 11.9. The van der Waals surface area contributed by atoms with Crippen LogP contribution in [0.4, 0.5) is 0 Å². The number of thiophene rings is 1. The van der Waals surface area contributed by atoms with Gasteiger partial charge in [-0.2, -0.15) is 0 Å². The summed E-state index contributed by atoms with van der Waals surface area (Å²) in [5.74, 6) is 0. The van der Waals surface area contributed by atoms with E-state index in [1.165, 1.54) is 4.70 Å². The van der Waals surface area contributed by atoms with Gasteiger partial charge >= 0.3 is 0 Å². The third kappa shape index (κ3) is 2.14. The monoisotopic (exact) mass is 386 g/mol. The van der Waals surface area contributed by atoms with E-state index in [4.69, 9.17) is 16.0 Å². The van der Waals surface area contributed by atoms with Gasteiger partial charge in [-0.05, 0) is 29.8 Å². The maximum absolute atomic E-state index is 6.29. The molecule has 6 aromatic rings. The Labute approximate surface area is 162 Å². The van der Waals surface area contributed by atoms with Gasteiger partial charge in [0.2, 0.25) is 5.28 Å². The highest BCUT2D eigenvalue weighted by Gasteiger charge is 2.19. The molecule has 3 aromatic carbocycles. The molecule has 5 heteroatoms. The first-order chi connectivity index (χ1) is 13.3. The van der Waals surface area contributed by atoms with Crippen LogP contribution in [-0.2, 0) is 0 Å². The van der Waals surface area contributed by atoms with Crippen molar-refractivity contribution in [2.75, 3.05) is 0 Å². The smallest absolute Gasteiger partial charge is 0.224 e. The average molecular weight is 387 g/mol. The highest BCUT2D eigenvalue weighted by Crippen LogP contribution is 2.42. The lowest BCUT2D eigenvalue weighted by Gasteiger charge is -2.05. The lowest BCUT2D eigenvalue weighted by molar-refractivity contribution is 0.670. The molecule has 0 aliphatic carbocycles. The van der Waals surface area contributed by atoms with Gasteiger partial charge in [0.05, 0.1) is 5.69 Å². The molecule has 0 aliphatic rings. The zero-order chi connectivity index (χ0) is 18.0. The van der Waals surface area contributed by atoms with Crippen molar-refractivity contribution in [3.05, 3.63) is 72.0 Å². The lowest BCUT2D eigenvalue weighted by Crippen LogP contribution is -1.89. The Morgan fingerprint density at radius 1 is 0.778 bits per heavy atom. The summed E-state index contributed by atoms with van der Waals surface area (Å²) in [7, 11) is 0. The number of para-hydroxylation sites is 2. The van der Waals surface area contributed by atoms with Gasteiger partial charge in [-0.3, -0.25) is 0 Å². The van der Waals surface area contributed by atoms with Gasteiger partial charge in [-0.1, -0.05) is 48.5 Å². The second kappa shape index (κ2) is 5.52. The summed E-state index contributed by atoms with van der Waals surface area (Å²) in [5.41, 5.74) is 3.44. The highest BCUT2D eigenvalue weighted by atomic mass is 35.5. The molecule has 3 heterocycles. The van der Waals surface area contributed by atoms with Crippen molar-refractivity contribution in [1.29, 1.82) is 0 Å². The highest BCUT2D eigenvalue weighted by molar-refractivity contribution is 7.25. The van der Waals surface area contributed by atoms with Crippen LogP contribution in [-0.4, -0.2) is 9.97 Å². The van der Waals surface area contributed by atoms with Gasteiger partial charge in [-0.25, -0.2) is 9.97 Å². The summed E-state index contributed by atoms with van der Waals surface area (Å²) in [4.78, 5) is 9.97. The van der Waals surface area contributed by atoms with Crippen LogP contribution in [0.3, 0.4) is 0 Å². The average Bonchev–Trinajstić information content (AvgIpc) is 3.25. The Hall–Kier alpha value is -2.95. The van der Waals surface area contributed by atoms with E-state index in [1.807, 2.05) is 42.5 Å². The van der Waals surface area contributed by atoms with Crippen LogP contribution in [0.2, 0.25) is 5.28 Å². The van der Waals surface area contributed by atoms with Crippen molar-refractivity contribution in [1.82, 2.24) is 9.97 Å². The summed E-state index contributed by atoms with van der Waals surface area (Å²) >= 11 is 7.91. The molecule has 0 N–H and O–H groups in total. The fraction of sp³-hybridized carbons (Fsp3) is 0. The molecule has 6 rings (SSSR count). The number of hydrogen-bond acceptors (Lipinski definition) is 4. The number of furan rings is 1. The number of halogens is 1. The molecule has 0 amide bonds. The molecule has 0 radical (unpaired) electrons. The fourth-order valence-electron chi connectivity index (χ4n) is 3.73. The molecule has 0 saturated carbocycles. The van der Waals surface area contributed by atoms with E-state index in [9.17, 15) is 0 Å². The van der Waals surface area contributed by atoms with Crippen LogP contribution in [0, 0.1) is 0 Å². The van der Waals surface area contributed by atoms with E-state index in [0.717, 1.165) is 48.8 Å². The van der Waals surface area contributed by atoms with E-state index in [-0.39, 0.29) is 5.28 Å². The summed E-state index contributed by atoms with van der Waals surface area (Å²) in [6.45, 7) is 0. The summed E-state index contributed by atoms with van der Waals surface area (Å²) < 4.78 is 7.38. The van der Waals surface area contributed by atoms with Crippen molar-refractivity contribution < 1.29 is 4.42 Å². The third-order valence-electron chi connectivity index (χ3n) is 4.87. The predicted octanol–water partition coefficient (Wildman–Crippen LogP) is 7.06. The third-order valence-corrected chi connectivity index (χ3v) is 6.10. The van der Waals surface area contributed by atoms with Crippen LogP contribution in [0.25, 0.3) is 53.5 Å². The first-order valence-corrected chi connectivity index (χ1v) is 9.74. The molecular formula is C22H11ClN2OS. The lowest BCUT2D eigenvalue weighted by atomic mass is 10.0.